The predicted octanol–water partition coefficient (Wildman–Crippen LogP) is 3.26. The van der Waals surface area contributed by atoms with Gasteiger partial charge in [0.2, 0.25) is 12.6 Å². The van der Waals surface area contributed by atoms with Crippen molar-refractivity contribution in [1.29, 1.82) is 0 Å². The highest BCUT2D eigenvalue weighted by atomic mass is 16.7. The maximum atomic E-state index is 14.1. The molecular weight excluding hydrogens is 558 g/mol. The van der Waals surface area contributed by atoms with Gasteiger partial charge in [-0.2, -0.15) is 0 Å². The van der Waals surface area contributed by atoms with Crippen molar-refractivity contribution in [3.05, 3.63) is 35.4 Å². The first kappa shape index (κ1) is 30.3. The van der Waals surface area contributed by atoms with Gasteiger partial charge in [-0.05, 0) is 82.7 Å². The summed E-state index contributed by atoms with van der Waals surface area (Å²) in [5.41, 5.74) is -1.66. The van der Waals surface area contributed by atoms with Gasteiger partial charge in [0.15, 0.2) is 23.2 Å². The van der Waals surface area contributed by atoms with Crippen LogP contribution in [0.5, 0.6) is 11.5 Å². The fraction of sp³-hybridized carbons (Fsp3) is 0.688. The van der Waals surface area contributed by atoms with Crippen LogP contribution in [0.4, 0.5) is 0 Å². The van der Waals surface area contributed by atoms with E-state index in [1.807, 2.05) is 12.1 Å². The lowest BCUT2D eigenvalue weighted by atomic mass is 9.78. The normalized spacial score (nSPS) is 31.9. The maximum Gasteiger partial charge on any atom is 0.339 e. The Kier molecular flexibility index (Phi) is 7.78. The van der Waals surface area contributed by atoms with Gasteiger partial charge in [0, 0.05) is 31.5 Å². The Hall–Kier alpha value is -2.70. The highest BCUT2D eigenvalue weighted by Crippen LogP contribution is 2.65. The smallest absolute Gasteiger partial charge is 0.339 e. The van der Waals surface area contributed by atoms with Crippen molar-refractivity contribution in [2.24, 2.45) is 0 Å². The molecule has 1 aromatic carbocycles. The van der Waals surface area contributed by atoms with E-state index in [0.717, 1.165) is 30.5 Å². The maximum absolute atomic E-state index is 14.1. The van der Waals surface area contributed by atoms with Crippen LogP contribution in [-0.2, 0) is 28.5 Å². The highest BCUT2D eigenvalue weighted by molar-refractivity contribution is 5.86. The van der Waals surface area contributed by atoms with E-state index in [0.29, 0.717) is 30.9 Å². The number of aliphatic hydroxyl groups is 2. The molecule has 0 amide bonds. The quantitative estimate of drug-likeness (QED) is 0.286. The van der Waals surface area contributed by atoms with E-state index in [4.69, 9.17) is 28.4 Å². The number of esters is 2. The molecule has 2 N–H and O–H groups in total. The van der Waals surface area contributed by atoms with E-state index in [2.05, 4.69) is 4.90 Å². The average Bonchev–Trinajstić information content (AvgIpc) is 3.57. The number of hydrogen-bond donors (Lipinski definition) is 2. The fourth-order valence-electron chi connectivity index (χ4n) is 7.90. The van der Waals surface area contributed by atoms with Crippen LogP contribution in [0.3, 0.4) is 0 Å². The summed E-state index contributed by atoms with van der Waals surface area (Å²) >= 11 is 0. The topological polar surface area (TPSA) is 133 Å². The zero-order valence-electron chi connectivity index (χ0n) is 25.4. The molecule has 0 aromatic heterocycles. The van der Waals surface area contributed by atoms with Gasteiger partial charge < -0.3 is 38.6 Å². The Morgan fingerprint density at radius 2 is 1.91 bits per heavy atom. The molecule has 0 radical (unpaired) electrons. The van der Waals surface area contributed by atoms with E-state index in [9.17, 15) is 19.8 Å². The minimum absolute atomic E-state index is 0.0299. The molecule has 3 fully saturated rings. The molecule has 5 aliphatic heterocycles. The molecule has 5 heterocycles. The van der Waals surface area contributed by atoms with Gasteiger partial charge in [0.05, 0.1) is 18.1 Å². The van der Waals surface area contributed by atoms with Crippen molar-refractivity contribution < 1.29 is 48.2 Å². The molecule has 1 aliphatic carbocycles. The molecule has 1 spiro atoms. The van der Waals surface area contributed by atoms with Crippen LogP contribution in [0.15, 0.2) is 24.3 Å². The van der Waals surface area contributed by atoms with Gasteiger partial charge in [0.1, 0.15) is 6.61 Å². The first-order valence-electron chi connectivity index (χ1n) is 15.3. The predicted molar refractivity (Wildman–Crippen MR) is 152 cm³/mol. The van der Waals surface area contributed by atoms with Crippen molar-refractivity contribution in [3.8, 4) is 11.5 Å². The number of carbonyl (C=O) groups excluding carboxylic acids is 2. The molecule has 6 aliphatic rings. The summed E-state index contributed by atoms with van der Waals surface area (Å²) in [6.45, 7) is 6.84. The van der Waals surface area contributed by atoms with Gasteiger partial charge in [-0.3, -0.25) is 9.69 Å². The van der Waals surface area contributed by atoms with Crippen molar-refractivity contribution >= 4 is 11.9 Å². The first-order chi connectivity index (χ1) is 20.4. The summed E-state index contributed by atoms with van der Waals surface area (Å²) in [6, 6.07) is 3.95. The van der Waals surface area contributed by atoms with Crippen LogP contribution < -0.4 is 9.47 Å². The van der Waals surface area contributed by atoms with Crippen molar-refractivity contribution in [2.75, 3.05) is 33.6 Å². The monoisotopic (exact) mass is 601 g/mol. The molecule has 7 rings (SSSR count). The SMILES string of the molecule is C/C=C/COC(=O)C[C@](O)(CCCC(C)(C)O)C(=O)OC1[C@H]2c3cc4c(cc3[C@@H]3CN5CCCC25C[C@@]1(OC)O3)OCO4. The third-order valence-corrected chi connectivity index (χ3v) is 9.87. The standard InChI is InChI=1S/C32H43NO10/c1-5-6-13-39-25(34)16-31(37,11-7-9-29(2,3)36)28(35)42-27-26-21-15-23-22(40-19-41-23)14-20(21)24-17-33-12-8-10-30(26,33)18-32(27,38-4)43-24/h5-6,14-15,24,26-27,36-37H,7-13,16-19H2,1-4H3/b6-5+/t24-,26+,27?,30?,31+,32+/m0/s1. The molecule has 1 saturated carbocycles. The zero-order chi connectivity index (χ0) is 30.6. The number of allylic oxidation sites excluding steroid dienone is 1. The summed E-state index contributed by atoms with van der Waals surface area (Å²) in [5, 5.41) is 22.1. The summed E-state index contributed by atoms with van der Waals surface area (Å²) in [5.74, 6) is -1.98. The van der Waals surface area contributed by atoms with Crippen molar-refractivity contribution in [2.45, 2.75) is 106 Å². The van der Waals surface area contributed by atoms with Gasteiger partial charge in [0.25, 0.3) is 0 Å². The average molecular weight is 602 g/mol. The van der Waals surface area contributed by atoms with Gasteiger partial charge >= 0.3 is 11.9 Å². The highest BCUT2D eigenvalue weighted by Gasteiger charge is 2.72. The number of nitrogens with zero attached hydrogens (tertiary/aromatic N) is 1. The third-order valence-electron chi connectivity index (χ3n) is 9.87. The molecule has 6 atom stereocenters. The van der Waals surface area contributed by atoms with Crippen molar-refractivity contribution in [3.63, 3.8) is 0 Å². The second kappa shape index (κ2) is 11.0. The first-order valence-corrected chi connectivity index (χ1v) is 15.3. The lowest BCUT2D eigenvalue weighted by Gasteiger charge is -2.40. The summed E-state index contributed by atoms with van der Waals surface area (Å²) < 4.78 is 36.0. The lowest BCUT2D eigenvalue weighted by Crippen LogP contribution is -2.52. The summed E-state index contributed by atoms with van der Waals surface area (Å²) in [4.78, 5) is 29.3. The van der Waals surface area contributed by atoms with Crippen LogP contribution in [0, 0.1) is 0 Å². The van der Waals surface area contributed by atoms with Gasteiger partial charge in [-0.1, -0.05) is 12.2 Å². The number of rotatable bonds is 11. The molecule has 11 nitrogen and oxygen atoms in total. The second-order valence-corrected chi connectivity index (χ2v) is 13.2. The lowest BCUT2D eigenvalue weighted by molar-refractivity contribution is -0.284. The molecule has 43 heavy (non-hydrogen) atoms. The van der Waals surface area contributed by atoms with Crippen LogP contribution >= 0.6 is 0 Å². The zero-order valence-corrected chi connectivity index (χ0v) is 25.4. The fourth-order valence-corrected chi connectivity index (χ4v) is 7.90. The molecule has 236 valence electrons. The number of benzene rings is 1. The largest absolute Gasteiger partial charge is 0.461 e. The molecular formula is C32H43NO10. The Morgan fingerprint density at radius 3 is 2.60 bits per heavy atom. The van der Waals surface area contributed by atoms with E-state index in [1.165, 1.54) is 0 Å². The second-order valence-electron chi connectivity index (χ2n) is 13.2. The minimum Gasteiger partial charge on any atom is -0.461 e. The molecule has 11 heteroatoms. The van der Waals surface area contributed by atoms with E-state index < -0.39 is 41.5 Å². The Balaban J connectivity index is 1.36. The van der Waals surface area contributed by atoms with Crippen molar-refractivity contribution in [1.82, 2.24) is 4.90 Å². The summed E-state index contributed by atoms with van der Waals surface area (Å²) in [7, 11) is 1.56. The molecule has 2 saturated heterocycles. The minimum atomic E-state index is -2.18. The number of fused-ring (bicyclic) bond motifs is 1. The number of ether oxygens (including phenoxy) is 6. The van der Waals surface area contributed by atoms with Crippen LogP contribution in [0.2, 0.25) is 0 Å². The third kappa shape index (κ3) is 5.22. The van der Waals surface area contributed by atoms with E-state index >= 15 is 0 Å². The number of carbonyl (C=O) groups is 2. The number of hydrogen-bond acceptors (Lipinski definition) is 11. The van der Waals surface area contributed by atoms with Crippen LogP contribution in [0.1, 0.15) is 88.9 Å². The number of methoxy groups -OCH3 is 1. The van der Waals surface area contributed by atoms with E-state index in [1.54, 1.807) is 40.0 Å². The van der Waals surface area contributed by atoms with Gasteiger partial charge in [-0.15, -0.1) is 0 Å². The Bertz CT molecular complexity index is 1290. The Labute approximate surface area is 252 Å². The molecule has 4 bridgehead atoms. The van der Waals surface area contributed by atoms with Crippen LogP contribution in [0.25, 0.3) is 0 Å². The molecule has 2 unspecified atom stereocenters. The Morgan fingerprint density at radius 1 is 1.16 bits per heavy atom. The van der Waals surface area contributed by atoms with Crippen LogP contribution in [-0.4, -0.2) is 89.3 Å². The summed E-state index contributed by atoms with van der Waals surface area (Å²) in [6.07, 6.45) is 4.41. The van der Waals surface area contributed by atoms with E-state index in [-0.39, 0.29) is 43.8 Å². The van der Waals surface area contributed by atoms with Gasteiger partial charge in [-0.25, -0.2) is 4.79 Å². The molecule has 1 aromatic rings.